The van der Waals surface area contributed by atoms with Crippen molar-refractivity contribution in [1.82, 2.24) is 10.6 Å². The van der Waals surface area contributed by atoms with Crippen LogP contribution in [0.2, 0.25) is 0 Å². The van der Waals surface area contributed by atoms with Crippen molar-refractivity contribution < 1.29 is 18.3 Å². The molecule has 146 valence electrons. The Morgan fingerprint density at radius 2 is 1.96 bits per heavy atom. The maximum atomic E-state index is 13.5. The monoisotopic (exact) mass is 396 g/mol. The Morgan fingerprint density at radius 1 is 1.19 bits per heavy atom. The molecule has 0 bridgehead atoms. The van der Waals surface area contributed by atoms with Gasteiger partial charge in [-0.1, -0.05) is 30.3 Å². The van der Waals surface area contributed by atoms with E-state index in [1.165, 1.54) is 6.07 Å². The quantitative estimate of drug-likeness (QED) is 0.784. The number of hydrogen-bond donors (Lipinski definition) is 2. The Bertz CT molecular complexity index is 740. The largest absolute Gasteiger partial charge is 0.476 e. The number of amides is 1. The minimum Gasteiger partial charge on any atom is -0.476 e. The van der Waals surface area contributed by atoms with Crippen LogP contribution in [0.4, 0.5) is 8.78 Å². The van der Waals surface area contributed by atoms with Gasteiger partial charge in [-0.25, -0.2) is 8.78 Å². The predicted octanol–water partition coefficient (Wildman–Crippen LogP) is 3.62. The average molecular weight is 397 g/mol. The van der Waals surface area contributed by atoms with Gasteiger partial charge < -0.3 is 15.4 Å². The number of rotatable bonds is 6. The van der Waals surface area contributed by atoms with Crippen molar-refractivity contribution in [1.29, 1.82) is 0 Å². The van der Waals surface area contributed by atoms with Crippen LogP contribution in [0.25, 0.3) is 0 Å². The molecule has 1 aliphatic rings. The molecule has 7 heteroatoms. The van der Waals surface area contributed by atoms with Gasteiger partial charge in [-0.2, -0.15) is 0 Å². The van der Waals surface area contributed by atoms with E-state index in [9.17, 15) is 13.6 Å². The van der Waals surface area contributed by atoms with Gasteiger partial charge in [-0.15, -0.1) is 12.4 Å². The lowest BCUT2D eigenvalue weighted by Crippen LogP contribution is -2.40. The Labute approximate surface area is 163 Å². The molecular formula is C20H23ClF2N2O2. The second kappa shape index (κ2) is 10.2. The Morgan fingerprint density at radius 3 is 2.63 bits per heavy atom. The van der Waals surface area contributed by atoms with Gasteiger partial charge in [0.25, 0.3) is 5.91 Å². The van der Waals surface area contributed by atoms with E-state index in [1.807, 2.05) is 6.07 Å². The Balaban J connectivity index is 0.00000261. The maximum Gasteiger partial charge on any atom is 0.265 e. The molecule has 0 aromatic heterocycles. The highest BCUT2D eigenvalue weighted by Gasteiger charge is 2.24. The second-order valence-electron chi connectivity index (χ2n) is 6.44. The van der Waals surface area contributed by atoms with Gasteiger partial charge >= 0.3 is 0 Å². The van der Waals surface area contributed by atoms with Crippen LogP contribution in [0.15, 0.2) is 48.5 Å². The van der Waals surface area contributed by atoms with E-state index in [-0.39, 0.29) is 24.1 Å². The molecule has 1 aliphatic heterocycles. The second-order valence-corrected chi connectivity index (χ2v) is 6.44. The average Bonchev–Trinajstić information content (AvgIpc) is 2.68. The zero-order valence-electron chi connectivity index (χ0n) is 14.8. The summed E-state index contributed by atoms with van der Waals surface area (Å²) in [6.07, 6.45) is 1.22. The van der Waals surface area contributed by atoms with Crippen LogP contribution in [0.1, 0.15) is 24.5 Å². The van der Waals surface area contributed by atoms with Crippen LogP contribution >= 0.6 is 12.4 Å². The SMILES string of the molecule is Cl.O=C(NCC1CCCNC1)C(Oc1ccc(F)c(F)c1)c1ccccc1. The molecule has 0 radical (unpaired) electrons. The summed E-state index contributed by atoms with van der Waals surface area (Å²) in [4.78, 5) is 12.7. The first-order valence-electron chi connectivity index (χ1n) is 8.78. The molecule has 0 aliphatic carbocycles. The van der Waals surface area contributed by atoms with Gasteiger partial charge in [-0.05, 0) is 44.0 Å². The van der Waals surface area contributed by atoms with Crippen LogP contribution in [0.3, 0.4) is 0 Å². The molecule has 27 heavy (non-hydrogen) atoms. The summed E-state index contributed by atoms with van der Waals surface area (Å²) < 4.78 is 32.3. The van der Waals surface area contributed by atoms with E-state index in [0.717, 1.165) is 38.1 Å². The first-order valence-corrected chi connectivity index (χ1v) is 8.78. The van der Waals surface area contributed by atoms with Crippen molar-refractivity contribution in [3.05, 3.63) is 65.7 Å². The standard InChI is InChI=1S/C20H22F2N2O2.ClH/c21-17-9-8-16(11-18(17)22)26-19(15-6-2-1-3-7-15)20(25)24-13-14-5-4-10-23-12-14;/h1-3,6-9,11,14,19,23H,4-5,10,12-13H2,(H,24,25);1H. The molecule has 1 amide bonds. The highest BCUT2D eigenvalue weighted by atomic mass is 35.5. The van der Waals surface area contributed by atoms with Gasteiger partial charge in [0, 0.05) is 18.2 Å². The van der Waals surface area contributed by atoms with E-state index >= 15 is 0 Å². The van der Waals surface area contributed by atoms with Crippen LogP contribution in [-0.4, -0.2) is 25.5 Å². The fourth-order valence-electron chi connectivity index (χ4n) is 3.02. The number of piperidine rings is 1. The molecule has 2 atom stereocenters. The minimum atomic E-state index is -1.01. The molecule has 0 spiro atoms. The molecule has 2 aromatic rings. The summed E-state index contributed by atoms with van der Waals surface area (Å²) in [5.74, 6) is -1.78. The molecule has 1 fully saturated rings. The van der Waals surface area contributed by atoms with Crippen LogP contribution in [-0.2, 0) is 4.79 Å². The zero-order valence-corrected chi connectivity index (χ0v) is 15.6. The van der Waals surface area contributed by atoms with Gasteiger partial charge in [0.1, 0.15) is 5.75 Å². The molecule has 0 saturated carbocycles. The summed E-state index contributed by atoms with van der Waals surface area (Å²) in [7, 11) is 0. The number of nitrogens with one attached hydrogen (secondary N) is 2. The highest BCUT2D eigenvalue weighted by molar-refractivity contribution is 5.85. The minimum absolute atomic E-state index is 0. The molecule has 1 heterocycles. The van der Waals surface area contributed by atoms with Crippen molar-refractivity contribution in [3.63, 3.8) is 0 Å². The van der Waals surface area contributed by atoms with Crippen molar-refractivity contribution in [2.45, 2.75) is 18.9 Å². The summed E-state index contributed by atoms with van der Waals surface area (Å²) in [5.41, 5.74) is 0.650. The number of hydrogen-bond acceptors (Lipinski definition) is 3. The van der Waals surface area contributed by atoms with E-state index in [0.29, 0.717) is 18.0 Å². The smallest absolute Gasteiger partial charge is 0.265 e. The van der Waals surface area contributed by atoms with Gasteiger partial charge in [0.2, 0.25) is 6.10 Å². The Hall–Kier alpha value is -2.18. The van der Waals surface area contributed by atoms with Crippen molar-refractivity contribution >= 4 is 18.3 Å². The first-order chi connectivity index (χ1) is 12.6. The lowest BCUT2D eigenvalue weighted by molar-refractivity contribution is -0.128. The fourth-order valence-corrected chi connectivity index (χ4v) is 3.02. The van der Waals surface area contributed by atoms with Crippen molar-refractivity contribution in [2.24, 2.45) is 5.92 Å². The third-order valence-electron chi connectivity index (χ3n) is 4.45. The lowest BCUT2D eigenvalue weighted by atomic mass is 9.99. The third-order valence-corrected chi connectivity index (χ3v) is 4.45. The highest BCUT2D eigenvalue weighted by Crippen LogP contribution is 2.24. The Kier molecular flexibility index (Phi) is 8.00. The molecule has 2 aromatic carbocycles. The third kappa shape index (κ3) is 5.91. The van der Waals surface area contributed by atoms with E-state index in [2.05, 4.69) is 10.6 Å². The van der Waals surface area contributed by atoms with Gasteiger partial charge in [0.15, 0.2) is 11.6 Å². The van der Waals surface area contributed by atoms with Crippen LogP contribution < -0.4 is 15.4 Å². The summed E-state index contributed by atoms with van der Waals surface area (Å²) >= 11 is 0. The number of ether oxygens (including phenoxy) is 1. The molecule has 2 N–H and O–H groups in total. The van der Waals surface area contributed by atoms with E-state index < -0.39 is 17.7 Å². The van der Waals surface area contributed by atoms with Crippen LogP contribution in [0.5, 0.6) is 5.75 Å². The first kappa shape index (κ1) is 21.1. The number of carbonyl (C=O) groups is 1. The molecule has 1 saturated heterocycles. The number of benzene rings is 2. The number of carbonyl (C=O) groups excluding carboxylic acids is 1. The predicted molar refractivity (Wildman–Crippen MR) is 102 cm³/mol. The molecule has 3 rings (SSSR count). The van der Waals surface area contributed by atoms with Gasteiger partial charge in [0.05, 0.1) is 0 Å². The van der Waals surface area contributed by atoms with E-state index in [4.69, 9.17) is 4.74 Å². The summed E-state index contributed by atoms with van der Waals surface area (Å²) in [6, 6.07) is 12.2. The zero-order chi connectivity index (χ0) is 18.4. The van der Waals surface area contributed by atoms with Crippen LogP contribution in [0, 0.1) is 17.6 Å². The summed E-state index contributed by atoms with van der Waals surface area (Å²) in [6.45, 7) is 2.44. The van der Waals surface area contributed by atoms with Crippen molar-refractivity contribution in [3.8, 4) is 5.75 Å². The van der Waals surface area contributed by atoms with E-state index in [1.54, 1.807) is 24.3 Å². The molecule has 4 nitrogen and oxygen atoms in total. The van der Waals surface area contributed by atoms with Gasteiger partial charge in [-0.3, -0.25) is 4.79 Å². The fraction of sp³-hybridized carbons (Fsp3) is 0.350. The molecule has 2 unspecified atom stereocenters. The molecular weight excluding hydrogens is 374 g/mol. The lowest BCUT2D eigenvalue weighted by Gasteiger charge is -2.25. The number of halogens is 3. The topological polar surface area (TPSA) is 50.4 Å². The summed E-state index contributed by atoms with van der Waals surface area (Å²) in [5, 5.41) is 6.24. The maximum absolute atomic E-state index is 13.5. The normalized spacial score (nSPS) is 17.5. The van der Waals surface area contributed by atoms with Crippen molar-refractivity contribution in [2.75, 3.05) is 19.6 Å².